The van der Waals surface area contributed by atoms with E-state index in [1.807, 2.05) is 6.92 Å². The van der Waals surface area contributed by atoms with Gasteiger partial charge in [0.2, 0.25) is 0 Å². The maximum absolute atomic E-state index is 8.99. The molecule has 4 heteroatoms. The van der Waals surface area contributed by atoms with Crippen LogP contribution in [0.1, 0.15) is 32.0 Å². The summed E-state index contributed by atoms with van der Waals surface area (Å²) in [5, 5.41) is 13.6. The Morgan fingerprint density at radius 1 is 1.75 bits per heavy atom. The van der Waals surface area contributed by atoms with Gasteiger partial charge >= 0.3 is 0 Å². The van der Waals surface area contributed by atoms with Gasteiger partial charge in [-0.2, -0.15) is 5.10 Å². The van der Waals surface area contributed by atoms with Gasteiger partial charge in [-0.05, 0) is 13.3 Å². The van der Waals surface area contributed by atoms with Gasteiger partial charge in [0.1, 0.15) is 0 Å². The molecule has 0 saturated heterocycles. The van der Waals surface area contributed by atoms with Crippen molar-refractivity contribution in [3.05, 3.63) is 16.9 Å². The van der Waals surface area contributed by atoms with Crippen molar-refractivity contribution < 1.29 is 5.11 Å². The third-order valence-electron chi connectivity index (χ3n) is 2.01. The summed E-state index contributed by atoms with van der Waals surface area (Å²) in [5.74, 6) is 0. The van der Waals surface area contributed by atoms with Crippen LogP contribution in [-0.4, -0.2) is 14.9 Å². The van der Waals surface area contributed by atoms with Crippen molar-refractivity contribution in [2.45, 2.75) is 32.9 Å². The van der Waals surface area contributed by atoms with Gasteiger partial charge in [0.15, 0.2) is 0 Å². The van der Waals surface area contributed by atoms with Crippen molar-refractivity contribution >= 4 is 11.6 Å². The largest absolute Gasteiger partial charge is 0.390 e. The smallest absolute Gasteiger partial charge is 0.0865 e. The van der Waals surface area contributed by atoms with Crippen LogP contribution in [0.25, 0.3) is 0 Å². The van der Waals surface area contributed by atoms with Gasteiger partial charge in [0, 0.05) is 6.04 Å². The lowest BCUT2D eigenvalue weighted by molar-refractivity contribution is 0.262. The highest BCUT2D eigenvalue weighted by Crippen LogP contribution is 2.20. The molecular weight excluding hydrogens is 176 g/mol. The second-order valence-electron chi connectivity index (χ2n) is 2.80. The normalized spacial score (nSPS) is 13.3. The van der Waals surface area contributed by atoms with Crippen molar-refractivity contribution in [2.24, 2.45) is 0 Å². The Labute approximate surface area is 77.0 Å². The lowest BCUT2D eigenvalue weighted by Crippen LogP contribution is -2.09. The number of nitrogens with zero attached hydrogens (tertiary/aromatic N) is 2. The van der Waals surface area contributed by atoms with Gasteiger partial charge in [-0.3, -0.25) is 4.68 Å². The van der Waals surface area contributed by atoms with Crippen LogP contribution >= 0.6 is 11.6 Å². The van der Waals surface area contributed by atoms with Crippen LogP contribution in [0, 0.1) is 0 Å². The zero-order valence-electron chi connectivity index (χ0n) is 7.29. The fourth-order valence-electron chi connectivity index (χ4n) is 1.07. The average molecular weight is 189 g/mol. The molecule has 0 aliphatic rings. The molecule has 3 nitrogen and oxygen atoms in total. The fraction of sp³-hybridized carbons (Fsp3) is 0.625. The predicted molar refractivity (Wildman–Crippen MR) is 48.2 cm³/mol. The van der Waals surface area contributed by atoms with Gasteiger partial charge in [-0.15, -0.1) is 0 Å². The average Bonchev–Trinajstić information content (AvgIpc) is 2.45. The van der Waals surface area contributed by atoms with Crippen molar-refractivity contribution in [2.75, 3.05) is 0 Å². The van der Waals surface area contributed by atoms with Crippen molar-refractivity contribution in [3.8, 4) is 0 Å². The molecule has 1 rings (SSSR count). The number of aliphatic hydroxyl groups is 1. The number of aliphatic hydroxyl groups excluding tert-OH is 1. The minimum atomic E-state index is -0.0524. The van der Waals surface area contributed by atoms with Crippen LogP contribution < -0.4 is 0 Å². The van der Waals surface area contributed by atoms with Crippen LogP contribution in [0.5, 0.6) is 0 Å². The molecule has 0 aromatic carbocycles. The Morgan fingerprint density at radius 2 is 2.42 bits per heavy atom. The number of hydrogen-bond donors (Lipinski definition) is 1. The van der Waals surface area contributed by atoms with Crippen LogP contribution in [0.15, 0.2) is 6.20 Å². The van der Waals surface area contributed by atoms with E-state index in [1.165, 1.54) is 0 Å². The van der Waals surface area contributed by atoms with E-state index in [-0.39, 0.29) is 6.61 Å². The molecule has 1 N–H and O–H groups in total. The minimum Gasteiger partial charge on any atom is -0.390 e. The zero-order valence-corrected chi connectivity index (χ0v) is 8.04. The Kier molecular flexibility index (Phi) is 3.12. The van der Waals surface area contributed by atoms with E-state index in [0.717, 1.165) is 6.42 Å². The van der Waals surface area contributed by atoms with Gasteiger partial charge < -0.3 is 5.11 Å². The Bertz CT molecular complexity index is 260. The first-order chi connectivity index (χ1) is 5.70. The molecule has 0 bridgehead atoms. The first-order valence-electron chi connectivity index (χ1n) is 4.03. The molecule has 1 atom stereocenters. The summed E-state index contributed by atoms with van der Waals surface area (Å²) in [7, 11) is 0. The highest BCUT2D eigenvalue weighted by molar-refractivity contribution is 6.31. The van der Waals surface area contributed by atoms with Gasteiger partial charge in [-0.1, -0.05) is 18.5 Å². The van der Waals surface area contributed by atoms with Crippen molar-refractivity contribution in [1.82, 2.24) is 9.78 Å². The molecular formula is C8H13ClN2O. The lowest BCUT2D eigenvalue weighted by Gasteiger charge is -2.12. The van der Waals surface area contributed by atoms with E-state index >= 15 is 0 Å². The fourth-order valence-corrected chi connectivity index (χ4v) is 1.26. The SMILES string of the molecule is CCC(C)n1ncc(Cl)c1CO. The number of rotatable bonds is 3. The molecule has 1 aromatic heterocycles. The molecule has 0 radical (unpaired) electrons. The summed E-state index contributed by atoms with van der Waals surface area (Å²) in [4.78, 5) is 0. The third kappa shape index (κ3) is 1.62. The van der Waals surface area contributed by atoms with E-state index in [9.17, 15) is 0 Å². The first-order valence-corrected chi connectivity index (χ1v) is 4.41. The second-order valence-corrected chi connectivity index (χ2v) is 3.21. The van der Waals surface area contributed by atoms with Gasteiger partial charge in [0.25, 0.3) is 0 Å². The first kappa shape index (κ1) is 9.55. The highest BCUT2D eigenvalue weighted by atomic mass is 35.5. The summed E-state index contributed by atoms with van der Waals surface area (Å²) in [5.41, 5.74) is 0.700. The summed E-state index contributed by atoms with van der Waals surface area (Å²) in [6.07, 6.45) is 2.55. The molecule has 0 spiro atoms. The van der Waals surface area contributed by atoms with Crippen molar-refractivity contribution in [1.29, 1.82) is 0 Å². The van der Waals surface area contributed by atoms with Crippen LogP contribution in [0.2, 0.25) is 5.02 Å². The monoisotopic (exact) mass is 188 g/mol. The van der Waals surface area contributed by atoms with E-state index < -0.39 is 0 Å². The molecule has 0 aliphatic carbocycles. The summed E-state index contributed by atoms with van der Waals surface area (Å²) < 4.78 is 1.77. The van der Waals surface area contributed by atoms with E-state index in [0.29, 0.717) is 16.8 Å². The van der Waals surface area contributed by atoms with Crippen LogP contribution in [-0.2, 0) is 6.61 Å². The van der Waals surface area contributed by atoms with Crippen LogP contribution in [0.3, 0.4) is 0 Å². The van der Waals surface area contributed by atoms with E-state index in [4.69, 9.17) is 16.7 Å². The number of aromatic nitrogens is 2. The van der Waals surface area contributed by atoms with Crippen LogP contribution in [0.4, 0.5) is 0 Å². The molecule has 0 aliphatic heterocycles. The van der Waals surface area contributed by atoms with E-state index in [1.54, 1.807) is 10.9 Å². The zero-order chi connectivity index (χ0) is 9.14. The quantitative estimate of drug-likeness (QED) is 0.788. The Balaban J connectivity index is 2.98. The molecule has 1 aromatic rings. The maximum atomic E-state index is 8.99. The number of halogens is 1. The minimum absolute atomic E-state index is 0.0524. The van der Waals surface area contributed by atoms with Gasteiger partial charge in [-0.25, -0.2) is 0 Å². The highest BCUT2D eigenvalue weighted by Gasteiger charge is 2.11. The van der Waals surface area contributed by atoms with E-state index in [2.05, 4.69) is 12.0 Å². The molecule has 0 amide bonds. The van der Waals surface area contributed by atoms with Crippen molar-refractivity contribution in [3.63, 3.8) is 0 Å². The topological polar surface area (TPSA) is 38.0 Å². The van der Waals surface area contributed by atoms with Gasteiger partial charge in [0.05, 0.1) is 23.5 Å². The number of hydrogen-bond acceptors (Lipinski definition) is 2. The molecule has 12 heavy (non-hydrogen) atoms. The molecule has 1 unspecified atom stereocenters. The lowest BCUT2D eigenvalue weighted by atomic mass is 10.2. The second kappa shape index (κ2) is 3.92. The third-order valence-corrected chi connectivity index (χ3v) is 2.32. The summed E-state index contributed by atoms with van der Waals surface area (Å²) >= 11 is 5.80. The molecule has 1 heterocycles. The Morgan fingerprint density at radius 3 is 2.92 bits per heavy atom. The maximum Gasteiger partial charge on any atom is 0.0865 e. The Hall–Kier alpha value is -0.540. The molecule has 0 saturated carbocycles. The summed E-state index contributed by atoms with van der Waals surface area (Å²) in [6, 6.07) is 0.291. The predicted octanol–water partition coefficient (Wildman–Crippen LogP) is 2.00. The molecule has 68 valence electrons. The molecule has 0 fully saturated rings. The summed E-state index contributed by atoms with van der Waals surface area (Å²) in [6.45, 7) is 4.06. The standard InChI is InChI=1S/C8H13ClN2O/c1-3-6(2)11-8(5-12)7(9)4-10-11/h4,6,12H,3,5H2,1-2H3.